The highest BCUT2D eigenvalue weighted by Gasteiger charge is 2.33. The van der Waals surface area contributed by atoms with Crippen molar-refractivity contribution in [3.8, 4) is 0 Å². The zero-order valence-corrected chi connectivity index (χ0v) is 12.9. The molecule has 4 rings (SSSR count). The fourth-order valence-electron chi connectivity index (χ4n) is 4.17. The predicted molar refractivity (Wildman–Crippen MR) is 81.8 cm³/mol. The summed E-state index contributed by atoms with van der Waals surface area (Å²) in [5.41, 5.74) is 1.06. The molecule has 2 unspecified atom stereocenters. The topological polar surface area (TPSA) is 41.3 Å². The van der Waals surface area contributed by atoms with Crippen LogP contribution in [0.5, 0.6) is 0 Å². The number of aromatic nitrogens is 1. The molecule has 4 nitrogen and oxygen atoms in total. The van der Waals surface area contributed by atoms with E-state index in [4.69, 9.17) is 4.52 Å². The van der Waals surface area contributed by atoms with Gasteiger partial charge >= 0.3 is 0 Å². The minimum Gasteiger partial charge on any atom is -0.360 e. The third-order valence-electron chi connectivity index (χ3n) is 5.47. The van der Waals surface area contributed by atoms with Crippen LogP contribution >= 0.6 is 0 Å². The van der Waals surface area contributed by atoms with Crippen LogP contribution in [0.3, 0.4) is 0 Å². The molecule has 1 aromatic rings. The van der Waals surface area contributed by atoms with Crippen molar-refractivity contribution in [1.29, 1.82) is 0 Å². The van der Waals surface area contributed by atoms with Crippen LogP contribution in [0.4, 0.5) is 0 Å². The quantitative estimate of drug-likeness (QED) is 0.904. The van der Waals surface area contributed by atoms with Gasteiger partial charge in [0.05, 0.1) is 12.2 Å². The van der Waals surface area contributed by atoms with Gasteiger partial charge in [0.2, 0.25) is 0 Å². The fraction of sp³-hybridized carbons (Fsp3) is 0.824. The van der Waals surface area contributed by atoms with Crippen molar-refractivity contribution < 1.29 is 4.52 Å². The number of likely N-dealkylation sites (tertiary alicyclic amines) is 1. The normalized spacial score (nSPS) is 30.3. The first-order valence-electron chi connectivity index (χ1n) is 8.80. The molecule has 2 saturated carbocycles. The molecule has 0 radical (unpaired) electrons. The van der Waals surface area contributed by atoms with E-state index in [1.165, 1.54) is 57.9 Å². The zero-order valence-electron chi connectivity index (χ0n) is 12.9. The molecule has 4 heteroatoms. The van der Waals surface area contributed by atoms with E-state index in [-0.39, 0.29) is 0 Å². The first kappa shape index (κ1) is 13.8. The Labute approximate surface area is 127 Å². The van der Waals surface area contributed by atoms with Crippen molar-refractivity contribution in [1.82, 2.24) is 15.4 Å². The number of nitrogens with zero attached hydrogens (tertiary/aromatic N) is 2. The second-order valence-corrected chi connectivity index (χ2v) is 7.16. The second kappa shape index (κ2) is 6.09. The predicted octanol–water partition coefficient (Wildman–Crippen LogP) is 3.08. The lowest BCUT2D eigenvalue weighted by Crippen LogP contribution is -2.46. The van der Waals surface area contributed by atoms with Gasteiger partial charge in [-0.15, -0.1) is 0 Å². The summed E-state index contributed by atoms with van der Waals surface area (Å²) in [7, 11) is 0. The van der Waals surface area contributed by atoms with E-state index >= 15 is 0 Å². The average molecular weight is 289 g/mol. The van der Waals surface area contributed by atoms with Crippen molar-refractivity contribution in [3.05, 3.63) is 17.5 Å². The van der Waals surface area contributed by atoms with Crippen molar-refractivity contribution in [2.24, 2.45) is 5.92 Å². The second-order valence-electron chi connectivity index (χ2n) is 7.16. The van der Waals surface area contributed by atoms with Gasteiger partial charge in [-0.3, -0.25) is 4.90 Å². The SMILES string of the molecule is c1c(CNC2CC2)noc1CN1CCCC2CCCCC21. The van der Waals surface area contributed by atoms with Crippen LogP contribution in [0.1, 0.15) is 62.8 Å². The smallest absolute Gasteiger partial charge is 0.151 e. The van der Waals surface area contributed by atoms with Gasteiger partial charge in [-0.05, 0) is 51.0 Å². The average Bonchev–Trinajstić information content (AvgIpc) is 3.25. The summed E-state index contributed by atoms with van der Waals surface area (Å²) < 4.78 is 5.57. The lowest BCUT2D eigenvalue weighted by Gasteiger charge is -2.43. The standard InChI is InChI=1S/C17H27N3O/c1-2-6-17-13(4-1)5-3-9-20(17)12-16-10-15(19-21-16)11-18-14-7-8-14/h10,13-14,17-18H,1-9,11-12H2. The van der Waals surface area contributed by atoms with Crippen molar-refractivity contribution in [2.45, 2.75) is 76.5 Å². The van der Waals surface area contributed by atoms with Gasteiger partial charge in [0.25, 0.3) is 0 Å². The number of hydrogen-bond acceptors (Lipinski definition) is 4. The Kier molecular flexibility index (Phi) is 3.99. The van der Waals surface area contributed by atoms with Gasteiger partial charge < -0.3 is 9.84 Å². The first-order valence-corrected chi connectivity index (χ1v) is 8.80. The molecule has 1 N–H and O–H groups in total. The molecule has 1 aromatic heterocycles. The molecule has 0 spiro atoms. The molecule has 0 aromatic carbocycles. The summed E-state index contributed by atoms with van der Waals surface area (Å²) in [6.45, 7) is 3.05. The summed E-state index contributed by atoms with van der Waals surface area (Å²) in [6.07, 6.45) is 11.1. The number of rotatable bonds is 5. The Morgan fingerprint density at radius 3 is 2.90 bits per heavy atom. The highest BCUT2D eigenvalue weighted by Crippen LogP contribution is 2.35. The van der Waals surface area contributed by atoms with Crippen LogP contribution in [-0.2, 0) is 13.1 Å². The largest absolute Gasteiger partial charge is 0.360 e. The van der Waals surface area contributed by atoms with Gasteiger partial charge in [0.1, 0.15) is 0 Å². The summed E-state index contributed by atoms with van der Waals surface area (Å²) in [6, 6.07) is 3.68. The maximum absolute atomic E-state index is 5.57. The Balaban J connectivity index is 1.35. The van der Waals surface area contributed by atoms with Crippen molar-refractivity contribution in [3.63, 3.8) is 0 Å². The first-order chi connectivity index (χ1) is 10.4. The molecule has 2 heterocycles. The van der Waals surface area contributed by atoms with Gasteiger partial charge in [-0.25, -0.2) is 0 Å². The number of hydrogen-bond donors (Lipinski definition) is 1. The number of fused-ring (bicyclic) bond motifs is 1. The summed E-state index contributed by atoms with van der Waals surface area (Å²) in [4.78, 5) is 2.66. The maximum Gasteiger partial charge on any atom is 0.151 e. The molecule has 2 aliphatic carbocycles. The van der Waals surface area contributed by atoms with E-state index in [0.29, 0.717) is 0 Å². The number of piperidine rings is 1. The fourth-order valence-corrected chi connectivity index (χ4v) is 4.17. The Bertz CT molecular complexity index is 466. The van der Waals surface area contributed by atoms with Crippen molar-refractivity contribution in [2.75, 3.05) is 6.54 Å². The van der Waals surface area contributed by atoms with Crippen LogP contribution in [0, 0.1) is 5.92 Å². The summed E-state index contributed by atoms with van der Waals surface area (Å²) in [5, 5.41) is 7.72. The highest BCUT2D eigenvalue weighted by atomic mass is 16.5. The maximum atomic E-state index is 5.57. The summed E-state index contributed by atoms with van der Waals surface area (Å²) in [5.74, 6) is 1.99. The van der Waals surface area contributed by atoms with Gasteiger partial charge in [-0.2, -0.15) is 0 Å². The monoisotopic (exact) mass is 289 g/mol. The van der Waals surface area contributed by atoms with E-state index in [1.54, 1.807) is 0 Å². The third kappa shape index (κ3) is 3.32. The molecule has 116 valence electrons. The van der Waals surface area contributed by atoms with E-state index in [0.717, 1.165) is 42.5 Å². The summed E-state index contributed by atoms with van der Waals surface area (Å²) >= 11 is 0. The van der Waals surface area contributed by atoms with Crippen LogP contribution in [0.25, 0.3) is 0 Å². The Morgan fingerprint density at radius 1 is 1.14 bits per heavy atom. The molecule has 0 amide bonds. The molecule has 1 aliphatic heterocycles. The van der Waals surface area contributed by atoms with E-state index in [2.05, 4.69) is 21.4 Å². The van der Waals surface area contributed by atoms with Crippen LogP contribution in [0.2, 0.25) is 0 Å². The number of nitrogens with one attached hydrogen (secondary N) is 1. The lowest BCUT2D eigenvalue weighted by molar-refractivity contribution is 0.0479. The van der Waals surface area contributed by atoms with Crippen molar-refractivity contribution >= 4 is 0 Å². The van der Waals surface area contributed by atoms with E-state index < -0.39 is 0 Å². The molecule has 0 bridgehead atoms. The van der Waals surface area contributed by atoms with E-state index in [1.807, 2.05) is 0 Å². The molecule has 2 atom stereocenters. The third-order valence-corrected chi connectivity index (χ3v) is 5.47. The molecule has 1 saturated heterocycles. The Hall–Kier alpha value is -0.870. The minimum absolute atomic E-state index is 0.732. The van der Waals surface area contributed by atoms with Crippen LogP contribution < -0.4 is 5.32 Å². The molecular formula is C17H27N3O. The molecular weight excluding hydrogens is 262 g/mol. The van der Waals surface area contributed by atoms with Gasteiger partial charge in [0.15, 0.2) is 5.76 Å². The Morgan fingerprint density at radius 2 is 2.00 bits per heavy atom. The lowest BCUT2D eigenvalue weighted by atomic mass is 9.78. The highest BCUT2D eigenvalue weighted by molar-refractivity contribution is 5.06. The molecule has 3 aliphatic rings. The minimum atomic E-state index is 0.732. The van der Waals surface area contributed by atoms with E-state index in [9.17, 15) is 0 Å². The zero-order chi connectivity index (χ0) is 14.1. The van der Waals surface area contributed by atoms with Gasteiger partial charge in [-0.1, -0.05) is 18.0 Å². The molecule has 21 heavy (non-hydrogen) atoms. The van der Waals surface area contributed by atoms with Crippen LogP contribution in [-0.4, -0.2) is 28.7 Å². The van der Waals surface area contributed by atoms with Gasteiger partial charge in [0, 0.05) is 24.7 Å². The van der Waals surface area contributed by atoms with Crippen LogP contribution in [0.15, 0.2) is 10.6 Å². The molecule has 3 fully saturated rings.